The van der Waals surface area contributed by atoms with Crippen LogP contribution < -0.4 is 4.74 Å². The Bertz CT molecular complexity index is 1140. The molecule has 1 heterocycles. The van der Waals surface area contributed by atoms with Gasteiger partial charge in [-0.3, -0.25) is 4.79 Å². The standard InChI is InChI=1S/C24H23FN2O4/c1-15(28)16-7-12-22(30-2)17(13-16)14-31-24(29)23-20-5-3-4-6-21(20)27(26-23)19-10-8-18(25)9-11-19/h7-13H,3-6,14H2,1-2H3. The Kier molecular flexibility index (Phi) is 5.84. The van der Waals surface area contributed by atoms with Gasteiger partial charge in [0.05, 0.1) is 12.8 Å². The molecule has 7 heteroatoms. The molecule has 1 aliphatic rings. The van der Waals surface area contributed by atoms with E-state index in [1.807, 2.05) is 0 Å². The van der Waals surface area contributed by atoms with Crippen LogP contribution in [0, 0.1) is 5.82 Å². The summed E-state index contributed by atoms with van der Waals surface area (Å²) in [6, 6.07) is 11.1. The minimum Gasteiger partial charge on any atom is -0.496 e. The second kappa shape index (κ2) is 8.71. The Labute approximate surface area is 179 Å². The first-order chi connectivity index (χ1) is 15.0. The van der Waals surface area contributed by atoms with Crippen LogP contribution in [0.4, 0.5) is 4.39 Å². The summed E-state index contributed by atoms with van der Waals surface area (Å²) in [7, 11) is 1.52. The van der Waals surface area contributed by atoms with Gasteiger partial charge >= 0.3 is 5.97 Å². The molecule has 0 saturated carbocycles. The lowest BCUT2D eigenvalue weighted by Crippen LogP contribution is -2.11. The van der Waals surface area contributed by atoms with Crippen LogP contribution in [0.1, 0.15) is 57.4 Å². The van der Waals surface area contributed by atoms with E-state index in [-0.39, 0.29) is 23.9 Å². The molecule has 1 aliphatic carbocycles. The Hall–Kier alpha value is -3.48. The molecule has 0 N–H and O–H groups in total. The molecule has 0 bridgehead atoms. The molecular weight excluding hydrogens is 399 g/mol. The number of aromatic nitrogens is 2. The lowest BCUT2D eigenvalue weighted by atomic mass is 9.95. The molecule has 0 radical (unpaired) electrons. The maximum absolute atomic E-state index is 13.3. The van der Waals surface area contributed by atoms with Crippen LogP contribution in [0.25, 0.3) is 5.69 Å². The van der Waals surface area contributed by atoms with Crippen LogP contribution in [0.3, 0.4) is 0 Å². The summed E-state index contributed by atoms with van der Waals surface area (Å²) in [4.78, 5) is 24.6. The third-order valence-corrected chi connectivity index (χ3v) is 5.49. The number of nitrogens with zero attached hydrogens (tertiary/aromatic N) is 2. The highest BCUT2D eigenvalue weighted by atomic mass is 19.1. The van der Waals surface area contributed by atoms with Crippen molar-refractivity contribution in [1.29, 1.82) is 0 Å². The van der Waals surface area contributed by atoms with Crippen molar-refractivity contribution >= 4 is 11.8 Å². The number of ketones is 1. The van der Waals surface area contributed by atoms with Crippen molar-refractivity contribution in [2.24, 2.45) is 0 Å². The number of carbonyl (C=O) groups is 2. The molecule has 3 aromatic rings. The highest BCUT2D eigenvalue weighted by Gasteiger charge is 2.27. The number of benzene rings is 2. The summed E-state index contributed by atoms with van der Waals surface area (Å²) in [5, 5.41) is 4.53. The van der Waals surface area contributed by atoms with Gasteiger partial charge in [0.1, 0.15) is 18.2 Å². The Morgan fingerprint density at radius 3 is 2.55 bits per heavy atom. The average molecular weight is 422 g/mol. The number of fused-ring (bicyclic) bond motifs is 1. The number of halogens is 1. The van der Waals surface area contributed by atoms with Gasteiger partial charge in [0, 0.05) is 22.4 Å². The topological polar surface area (TPSA) is 70.4 Å². The van der Waals surface area contributed by atoms with Crippen LogP contribution >= 0.6 is 0 Å². The van der Waals surface area contributed by atoms with E-state index >= 15 is 0 Å². The van der Waals surface area contributed by atoms with E-state index < -0.39 is 5.97 Å². The largest absolute Gasteiger partial charge is 0.496 e. The van der Waals surface area contributed by atoms with Crippen LogP contribution in [-0.4, -0.2) is 28.6 Å². The molecule has 0 atom stereocenters. The van der Waals surface area contributed by atoms with Crippen molar-refractivity contribution in [3.05, 3.63) is 76.4 Å². The monoisotopic (exact) mass is 422 g/mol. The first-order valence-electron chi connectivity index (χ1n) is 10.2. The fraction of sp³-hybridized carbons (Fsp3) is 0.292. The van der Waals surface area contributed by atoms with E-state index in [9.17, 15) is 14.0 Å². The van der Waals surface area contributed by atoms with E-state index in [1.165, 1.54) is 26.2 Å². The first-order valence-corrected chi connectivity index (χ1v) is 10.2. The molecular formula is C24H23FN2O4. The number of rotatable bonds is 6. The number of carbonyl (C=O) groups excluding carboxylic acids is 2. The van der Waals surface area contributed by atoms with E-state index in [1.54, 1.807) is 35.0 Å². The fourth-order valence-corrected chi connectivity index (χ4v) is 3.88. The molecule has 0 unspecified atom stereocenters. The molecule has 160 valence electrons. The Morgan fingerprint density at radius 2 is 1.84 bits per heavy atom. The summed E-state index contributed by atoms with van der Waals surface area (Å²) < 4.78 is 25.9. The molecule has 0 saturated heterocycles. The second-order valence-electron chi connectivity index (χ2n) is 7.53. The average Bonchev–Trinajstić information content (AvgIpc) is 3.17. The van der Waals surface area contributed by atoms with E-state index in [0.717, 1.165) is 36.9 Å². The lowest BCUT2D eigenvalue weighted by Gasteiger charge is -2.14. The zero-order chi connectivity index (χ0) is 22.0. The SMILES string of the molecule is COc1ccc(C(C)=O)cc1COC(=O)c1nn(-c2ccc(F)cc2)c2c1CCCC2. The predicted molar refractivity (Wildman–Crippen MR) is 112 cm³/mol. The van der Waals surface area contributed by atoms with Gasteiger partial charge in [0.25, 0.3) is 0 Å². The zero-order valence-corrected chi connectivity index (χ0v) is 17.5. The van der Waals surface area contributed by atoms with Crippen LogP contribution in [0.5, 0.6) is 5.75 Å². The van der Waals surface area contributed by atoms with Crippen molar-refractivity contribution in [3.8, 4) is 11.4 Å². The van der Waals surface area contributed by atoms with Crippen LogP contribution in [0.2, 0.25) is 0 Å². The van der Waals surface area contributed by atoms with Crippen molar-refractivity contribution in [3.63, 3.8) is 0 Å². The summed E-state index contributed by atoms with van der Waals surface area (Å²) in [6.07, 6.45) is 3.51. The molecule has 0 amide bonds. The number of Topliss-reactive ketones (excluding diaryl/α,β-unsaturated/α-hetero) is 1. The van der Waals surface area contributed by atoms with Crippen LogP contribution in [0.15, 0.2) is 42.5 Å². The predicted octanol–water partition coefficient (Wildman–Crippen LogP) is 4.46. The number of hydrogen-bond acceptors (Lipinski definition) is 5. The highest BCUT2D eigenvalue weighted by molar-refractivity contribution is 5.94. The first kappa shape index (κ1) is 20.8. The van der Waals surface area contributed by atoms with Gasteiger partial charge in [-0.2, -0.15) is 5.10 Å². The van der Waals surface area contributed by atoms with Gasteiger partial charge in [-0.05, 0) is 75.1 Å². The molecule has 0 fully saturated rings. The Balaban J connectivity index is 1.62. The molecule has 0 aliphatic heterocycles. The van der Waals surface area contributed by atoms with Crippen molar-refractivity contribution in [1.82, 2.24) is 9.78 Å². The van der Waals surface area contributed by atoms with E-state index in [2.05, 4.69) is 5.10 Å². The smallest absolute Gasteiger partial charge is 0.359 e. The number of hydrogen-bond donors (Lipinski definition) is 0. The minimum absolute atomic E-state index is 0.0404. The second-order valence-corrected chi connectivity index (χ2v) is 7.53. The third kappa shape index (κ3) is 4.21. The molecule has 4 rings (SSSR count). The maximum Gasteiger partial charge on any atom is 0.359 e. The summed E-state index contributed by atoms with van der Waals surface area (Å²) in [5.74, 6) is -0.403. The van der Waals surface area contributed by atoms with Crippen molar-refractivity contribution < 1.29 is 23.5 Å². The van der Waals surface area contributed by atoms with E-state index in [4.69, 9.17) is 9.47 Å². The zero-order valence-electron chi connectivity index (χ0n) is 17.5. The van der Waals surface area contributed by atoms with Gasteiger partial charge < -0.3 is 9.47 Å². The Morgan fingerprint density at radius 1 is 1.10 bits per heavy atom. The van der Waals surface area contributed by atoms with E-state index in [0.29, 0.717) is 22.6 Å². The lowest BCUT2D eigenvalue weighted by molar-refractivity contribution is 0.0461. The molecule has 2 aromatic carbocycles. The van der Waals surface area contributed by atoms with Crippen molar-refractivity contribution in [2.75, 3.05) is 7.11 Å². The van der Waals surface area contributed by atoms with Gasteiger partial charge in [-0.1, -0.05) is 0 Å². The van der Waals surface area contributed by atoms with Gasteiger partial charge in [0.15, 0.2) is 11.5 Å². The summed E-state index contributed by atoms with van der Waals surface area (Å²) in [6.45, 7) is 1.44. The molecule has 31 heavy (non-hydrogen) atoms. The van der Waals surface area contributed by atoms with Gasteiger partial charge in [0.2, 0.25) is 0 Å². The third-order valence-electron chi connectivity index (χ3n) is 5.49. The summed E-state index contributed by atoms with van der Waals surface area (Å²) >= 11 is 0. The fourth-order valence-electron chi connectivity index (χ4n) is 3.88. The van der Waals surface area contributed by atoms with Gasteiger partial charge in [-0.15, -0.1) is 0 Å². The number of ether oxygens (including phenoxy) is 2. The quantitative estimate of drug-likeness (QED) is 0.433. The molecule has 6 nitrogen and oxygen atoms in total. The highest BCUT2D eigenvalue weighted by Crippen LogP contribution is 2.28. The summed E-state index contributed by atoms with van der Waals surface area (Å²) in [5.41, 5.74) is 3.95. The maximum atomic E-state index is 13.3. The van der Waals surface area contributed by atoms with Crippen molar-refractivity contribution in [2.45, 2.75) is 39.2 Å². The van der Waals surface area contributed by atoms with Gasteiger partial charge in [-0.25, -0.2) is 13.9 Å². The minimum atomic E-state index is -0.533. The number of esters is 1. The van der Waals surface area contributed by atoms with Crippen LogP contribution in [-0.2, 0) is 24.2 Å². The molecule has 0 spiro atoms. The molecule has 1 aromatic heterocycles. The number of methoxy groups -OCH3 is 1. The normalized spacial score (nSPS) is 12.9.